The molecule has 2 aromatic rings. The lowest BCUT2D eigenvalue weighted by Crippen LogP contribution is -2.66. The maximum Gasteiger partial charge on any atom is 0.519 e. The van der Waals surface area contributed by atoms with Crippen molar-refractivity contribution < 1.29 is 58.0 Å². The van der Waals surface area contributed by atoms with Gasteiger partial charge in [0.05, 0.1) is 17.3 Å². The summed E-state index contributed by atoms with van der Waals surface area (Å²) < 4.78 is 14.9. The summed E-state index contributed by atoms with van der Waals surface area (Å²) in [6.45, 7) is 2.50. The lowest BCUT2D eigenvalue weighted by atomic mass is 9.57. The van der Waals surface area contributed by atoms with E-state index < -0.39 is 94.8 Å². The van der Waals surface area contributed by atoms with Crippen molar-refractivity contribution in [3.8, 4) is 5.75 Å². The van der Waals surface area contributed by atoms with Crippen LogP contribution in [0.1, 0.15) is 48.8 Å². The number of carbonyl (C=O) groups is 5. The zero-order valence-corrected chi connectivity index (χ0v) is 30.6. The summed E-state index contributed by atoms with van der Waals surface area (Å²) in [5, 5.41) is 49.1. The minimum atomic E-state index is -2.83. The number of benzene rings is 1. The minimum Gasteiger partial charge on any atom is -0.508 e. The fraction of sp³-hybridized carbons (Fsp3) is 0.486. The van der Waals surface area contributed by atoms with Crippen molar-refractivity contribution in [2.75, 3.05) is 51.5 Å². The standard InChI is InChI=1S/C35H44N6O13/c1-7-8-9-41(33(49)52-14-21-15(2)53-34(50)54-21)13-22(42)37-19-12-20(39(3)4)17-10-16-11-18-26(40(5)6)29(45)25(32(48)38-36)31(47)35(18,51)30(46)23(16)28(44)24(17)27(19)43/h12,16,18,26,43-44,47,51H,7-11,13-14,36H2,1-6H3,(H,37,42)(H,38,48)/t16?,18-,26-,35-/m0/s1. The van der Waals surface area contributed by atoms with Crippen LogP contribution in [0.3, 0.4) is 0 Å². The summed E-state index contributed by atoms with van der Waals surface area (Å²) in [4.78, 5) is 82.4. The first-order valence-corrected chi connectivity index (χ1v) is 17.1. The summed E-state index contributed by atoms with van der Waals surface area (Å²) in [5.41, 5.74) is -1.92. The van der Waals surface area contributed by atoms with Crippen LogP contribution >= 0.6 is 0 Å². The van der Waals surface area contributed by atoms with E-state index in [1.165, 1.54) is 32.0 Å². The third-order valence-corrected chi connectivity index (χ3v) is 10.1. The molecule has 3 amide bonds. The van der Waals surface area contributed by atoms with Crippen molar-refractivity contribution in [1.29, 1.82) is 0 Å². The van der Waals surface area contributed by atoms with Gasteiger partial charge in [-0.3, -0.25) is 34.4 Å². The number of fused-ring (bicyclic) bond motifs is 3. The highest BCUT2D eigenvalue weighted by Gasteiger charge is 2.64. The topological polar surface area (TPSA) is 279 Å². The highest BCUT2D eigenvalue weighted by atomic mass is 16.6. The molecule has 1 unspecified atom stereocenters. The lowest BCUT2D eigenvalue weighted by molar-refractivity contribution is -0.153. The van der Waals surface area contributed by atoms with Gasteiger partial charge in [0.1, 0.15) is 29.4 Å². The number of nitrogens with zero attached hydrogens (tertiary/aromatic N) is 3. The SMILES string of the molecule is CCCCN(CC(=O)Nc1cc(N(C)C)c2c(c1O)C(O)=C1C(=O)[C@]3(O)C(O)=C(C(=O)NN)C(=O)[C@@H](N(C)C)[C@@H]3CC1C2)C(=O)OCc1oc(=O)oc1C. The van der Waals surface area contributed by atoms with Gasteiger partial charge >= 0.3 is 11.9 Å². The average Bonchev–Trinajstić information content (AvgIpc) is 3.43. The number of nitrogens with two attached hydrogens (primary N) is 1. The van der Waals surface area contributed by atoms with Crippen LogP contribution in [0.4, 0.5) is 16.2 Å². The van der Waals surface area contributed by atoms with Crippen LogP contribution in [0.25, 0.3) is 5.76 Å². The number of unbranched alkanes of at least 4 members (excludes halogenated alkanes) is 1. The fourth-order valence-electron chi connectivity index (χ4n) is 7.51. The number of likely N-dealkylation sites (N-methyl/N-ethyl adjacent to an activating group) is 1. The first kappa shape index (κ1) is 39.5. The van der Waals surface area contributed by atoms with Crippen LogP contribution in [0.15, 0.2) is 36.6 Å². The highest BCUT2D eigenvalue weighted by Crippen LogP contribution is 2.54. The van der Waals surface area contributed by atoms with E-state index in [0.717, 1.165) is 4.90 Å². The van der Waals surface area contributed by atoms with E-state index >= 15 is 0 Å². The molecule has 5 rings (SSSR count). The first-order chi connectivity index (χ1) is 25.4. The summed E-state index contributed by atoms with van der Waals surface area (Å²) in [6, 6.07) is 0.221. The number of hydrogen-bond donors (Lipinski definition) is 7. The Bertz CT molecular complexity index is 2030. The summed E-state index contributed by atoms with van der Waals surface area (Å²) in [7, 11) is 6.39. The Morgan fingerprint density at radius 3 is 2.35 bits per heavy atom. The lowest BCUT2D eigenvalue weighted by Gasteiger charge is -2.50. The number of nitrogens with one attached hydrogen (secondary N) is 2. The second kappa shape index (κ2) is 15.0. The van der Waals surface area contributed by atoms with Crippen molar-refractivity contribution in [2.45, 2.75) is 57.8 Å². The molecule has 19 nitrogen and oxygen atoms in total. The molecule has 0 radical (unpaired) electrons. The Balaban J connectivity index is 1.51. The second-order valence-electron chi connectivity index (χ2n) is 13.9. The molecule has 0 aliphatic heterocycles. The van der Waals surface area contributed by atoms with E-state index in [2.05, 4.69) is 5.32 Å². The van der Waals surface area contributed by atoms with Gasteiger partial charge in [0, 0.05) is 37.8 Å². The van der Waals surface area contributed by atoms with Crippen LogP contribution in [0.5, 0.6) is 5.75 Å². The number of rotatable bonds is 11. The number of aromatic hydroxyl groups is 1. The Morgan fingerprint density at radius 1 is 1.09 bits per heavy atom. The van der Waals surface area contributed by atoms with Crippen molar-refractivity contribution in [3.05, 3.63) is 56.2 Å². The molecule has 54 heavy (non-hydrogen) atoms. The van der Waals surface area contributed by atoms with Gasteiger partial charge in [0.15, 0.2) is 29.5 Å². The predicted octanol–water partition coefficient (Wildman–Crippen LogP) is 0.767. The Labute approximate surface area is 308 Å². The number of aliphatic hydroxyl groups is 3. The number of Topliss-reactive ketones (excluding diaryl/α,β-unsaturated/α-hetero) is 2. The first-order valence-electron chi connectivity index (χ1n) is 17.1. The Kier molecular flexibility index (Phi) is 11.0. The van der Waals surface area contributed by atoms with E-state index in [4.69, 9.17) is 19.4 Å². The maximum atomic E-state index is 14.3. The molecule has 19 heteroatoms. The summed E-state index contributed by atoms with van der Waals surface area (Å²) >= 11 is 0. The zero-order chi connectivity index (χ0) is 40.0. The quantitative estimate of drug-likeness (QED) is 0.0548. The molecule has 0 bridgehead atoms. The molecule has 1 heterocycles. The predicted molar refractivity (Wildman–Crippen MR) is 189 cm³/mol. The van der Waals surface area contributed by atoms with Gasteiger partial charge in [-0.25, -0.2) is 15.4 Å². The number of phenols is 1. The molecule has 4 atom stereocenters. The number of anilines is 2. The van der Waals surface area contributed by atoms with Crippen LogP contribution < -0.4 is 27.3 Å². The molecular weight excluding hydrogens is 712 g/mol. The molecule has 0 saturated heterocycles. The van der Waals surface area contributed by atoms with Crippen molar-refractivity contribution in [1.82, 2.24) is 15.2 Å². The molecule has 1 saturated carbocycles. The van der Waals surface area contributed by atoms with E-state index in [0.29, 0.717) is 24.1 Å². The van der Waals surface area contributed by atoms with Crippen LogP contribution in [-0.4, -0.2) is 113 Å². The van der Waals surface area contributed by atoms with E-state index in [1.54, 1.807) is 24.4 Å². The van der Waals surface area contributed by atoms with Gasteiger partial charge in [-0.1, -0.05) is 13.3 Å². The molecule has 3 aliphatic carbocycles. The summed E-state index contributed by atoms with van der Waals surface area (Å²) in [5.74, 6) is -4.23. The zero-order valence-electron chi connectivity index (χ0n) is 30.6. The number of aliphatic hydroxyl groups excluding tert-OH is 2. The van der Waals surface area contributed by atoms with Crippen molar-refractivity contribution >= 4 is 46.6 Å². The van der Waals surface area contributed by atoms with E-state index in [-0.39, 0.29) is 47.7 Å². The monoisotopic (exact) mass is 756 g/mol. The van der Waals surface area contributed by atoms with Gasteiger partial charge in [-0.15, -0.1) is 0 Å². The molecule has 292 valence electrons. The average molecular weight is 757 g/mol. The van der Waals surface area contributed by atoms with E-state index in [9.17, 15) is 49.2 Å². The molecular formula is C35H44N6O13. The Hall–Kier alpha value is -5.66. The third kappa shape index (κ3) is 6.69. The highest BCUT2D eigenvalue weighted by molar-refractivity contribution is 6.25. The molecule has 1 aromatic carbocycles. The molecule has 1 fully saturated rings. The number of phenolic OH excluding ortho intramolecular Hbond substituents is 1. The van der Waals surface area contributed by atoms with Gasteiger partial charge in [0.2, 0.25) is 11.7 Å². The molecule has 3 aliphatic rings. The van der Waals surface area contributed by atoms with Gasteiger partial charge < -0.3 is 44.2 Å². The Morgan fingerprint density at radius 2 is 1.78 bits per heavy atom. The van der Waals surface area contributed by atoms with Crippen molar-refractivity contribution in [2.24, 2.45) is 17.7 Å². The van der Waals surface area contributed by atoms with Gasteiger partial charge in [-0.05, 0) is 57.8 Å². The minimum absolute atomic E-state index is 0.000849. The number of amides is 3. The number of carbonyl (C=O) groups excluding carboxylic acids is 5. The van der Waals surface area contributed by atoms with E-state index in [1.807, 2.05) is 6.92 Å². The number of ether oxygens (including phenoxy) is 1. The number of hydrazine groups is 1. The number of aryl methyl sites for hydroxylation is 1. The second-order valence-corrected chi connectivity index (χ2v) is 13.9. The molecule has 1 aromatic heterocycles. The van der Waals surface area contributed by atoms with Gasteiger partial charge in [-0.2, -0.15) is 0 Å². The smallest absolute Gasteiger partial charge is 0.508 e. The maximum absolute atomic E-state index is 14.3. The molecule has 8 N–H and O–H groups in total. The van der Waals surface area contributed by atoms with Crippen LogP contribution in [0.2, 0.25) is 0 Å². The largest absolute Gasteiger partial charge is 0.519 e. The fourth-order valence-corrected chi connectivity index (χ4v) is 7.51. The normalized spacial score (nSPS) is 22.1. The van der Waals surface area contributed by atoms with Crippen LogP contribution in [0, 0.1) is 18.8 Å². The number of hydrogen-bond acceptors (Lipinski definition) is 16. The summed E-state index contributed by atoms with van der Waals surface area (Å²) in [6.07, 6.45) is 0.219. The van der Waals surface area contributed by atoms with Crippen LogP contribution in [-0.2, 0) is 36.9 Å². The van der Waals surface area contributed by atoms with Crippen molar-refractivity contribution in [3.63, 3.8) is 0 Å². The molecule has 0 spiro atoms. The van der Waals surface area contributed by atoms with Gasteiger partial charge in [0.25, 0.3) is 5.91 Å². The number of ketones is 2. The third-order valence-electron chi connectivity index (χ3n) is 10.1.